The second-order valence-electron chi connectivity index (χ2n) is 8.05. The van der Waals surface area contributed by atoms with Gasteiger partial charge in [0.2, 0.25) is 0 Å². The van der Waals surface area contributed by atoms with Crippen LogP contribution in [0.15, 0.2) is 48.5 Å². The van der Waals surface area contributed by atoms with Crippen molar-refractivity contribution in [3.05, 3.63) is 70.8 Å². The van der Waals surface area contributed by atoms with Crippen LogP contribution in [0.1, 0.15) is 87.6 Å². The number of carboxylic acids is 1. The van der Waals surface area contributed by atoms with Gasteiger partial charge in [-0.25, -0.2) is 4.79 Å². The summed E-state index contributed by atoms with van der Waals surface area (Å²) in [5.74, 6) is -1.20. The lowest BCUT2D eigenvalue weighted by molar-refractivity contribution is 0.0565. The van der Waals surface area contributed by atoms with Crippen LogP contribution in [-0.2, 0) is 0 Å². The topological polar surface area (TPSA) is 74.7 Å². The number of aromatic carboxylic acids is 1. The summed E-state index contributed by atoms with van der Waals surface area (Å²) < 4.78 is 0. The number of benzene rings is 2. The summed E-state index contributed by atoms with van der Waals surface area (Å²) in [6.45, 7) is 0. The van der Waals surface area contributed by atoms with Gasteiger partial charge >= 0.3 is 5.97 Å². The first-order valence-corrected chi connectivity index (χ1v) is 10.4. The summed E-state index contributed by atoms with van der Waals surface area (Å²) in [5, 5.41) is 9.24. The highest BCUT2D eigenvalue weighted by atomic mass is 16.4. The lowest BCUT2D eigenvalue weighted by atomic mass is 9.84. The van der Waals surface area contributed by atoms with Crippen molar-refractivity contribution in [3.63, 3.8) is 0 Å². The Morgan fingerprint density at radius 3 is 2.34 bits per heavy atom. The van der Waals surface area contributed by atoms with Crippen molar-refractivity contribution in [3.8, 4) is 0 Å². The highest BCUT2D eigenvalue weighted by molar-refractivity contribution is 6.22. The third-order valence-corrected chi connectivity index (χ3v) is 6.23. The molecule has 29 heavy (non-hydrogen) atoms. The van der Waals surface area contributed by atoms with E-state index in [9.17, 15) is 19.5 Å². The predicted octanol–water partition coefficient (Wildman–Crippen LogP) is 5.08. The highest BCUT2D eigenvalue weighted by Gasteiger charge is 2.41. The van der Waals surface area contributed by atoms with Crippen molar-refractivity contribution < 1.29 is 19.5 Å². The average molecular weight is 391 g/mol. The van der Waals surface area contributed by atoms with Crippen LogP contribution >= 0.6 is 0 Å². The van der Waals surface area contributed by atoms with Gasteiger partial charge < -0.3 is 5.11 Å². The molecule has 1 heterocycles. The minimum Gasteiger partial charge on any atom is -0.478 e. The highest BCUT2D eigenvalue weighted by Crippen LogP contribution is 2.37. The van der Waals surface area contributed by atoms with Crippen LogP contribution in [0.2, 0.25) is 0 Å². The summed E-state index contributed by atoms with van der Waals surface area (Å²) in [5.41, 5.74) is 1.44. The Morgan fingerprint density at radius 1 is 0.966 bits per heavy atom. The van der Waals surface area contributed by atoms with Gasteiger partial charge in [-0.3, -0.25) is 14.5 Å². The van der Waals surface area contributed by atoms with E-state index in [-0.39, 0.29) is 23.1 Å². The second kappa shape index (κ2) is 8.19. The first kappa shape index (κ1) is 19.4. The normalized spacial score (nSPS) is 18.0. The minimum absolute atomic E-state index is 0.0187. The number of carbonyl (C=O) groups is 3. The van der Waals surface area contributed by atoms with Gasteiger partial charge in [-0.1, -0.05) is 62.4 Å². The number of nitrogens with zero attached hydrogens (tertiary/aromatic N) is 1. The monoisotopic (exact) mass is 391 g/mol. The lowest BCUT2D eigenvalue weighted by Gasteiger charge is -2.29. The number of imide groups is 1. The zero-order chi connectivity index (χ0) is 20.4. The van der Waals surface area contributed by atoms with Gasteiger partial charge in [-0.05, 0) is 42.5 Å². The van der Waals surface area contributed by atoms with E-state index in [0.717, 1.165) is 18.4 Å². The van der Waals surface area contributed by atoms with Crippen molar-refractivity contribution in [1.82, 2.24) is 4.90 Å². The third-order valence-electron chi connectivity index (χ3n) is 6.23. The van der Waals surface area contributed by atoms with Gasteiger partial charge in [-0.15, -0.1) is 0 Å². The Balaban J connectivity index is 1.64. The van der Waals surface area contributed by atoms with Crippen molar-refractivity contribution in [2.24, 2.45) is 5.92 Å². The largest absolute Gasteiger partial charge is 0.478 e. The summed E-state index contributed by atoms with van der Waals surface area (Å²) in [4.78, 5) is 38.9. The summed E-state index contributed by atoms with van der Waals surface area (Å²) in [6, 6.07) is 13.5. The summed E-state index contributed by atoms with van der Waals surface area (Å²) in [6.07, 6.45) is 7.94. The maximum absolute atomic E-state index is 13.2. The van der Waals surface area contributed by atoms with E-state index in [1.807, 2.05) is 30.3 Å². The van der Waals surface area contributed by atoms with Crippen LogP contribution in [0.5, 0.6) is 0 Å². The van der Waals surface area contributed by atoms with Crippen molar-refractivity contribution >= 4 is 17.8 Å². The molecule has 2 aromatic rings. The molecule has 1 saturated carbocycles. The van der Waals surface area contributed by atoms with Crippen LogP contribution < -0.4 is 0 Å². The molecule has 1 fully saturated rings. The Hall–Kier alpha value is -2.95. The number of hydrogen-bond donors (Lipinski definition) is 1. The molecule has 150 valence electrons. The number of rotatable bonds is 6. The van der Waals surface area contributed by atoms with Gasteiger partial charge in [0.05, 0.1) is 22.7 Å². The number of hydrogen-bond acceptors (Lipinski definition) is 3. The molecule has 1 unspecified atom stereocenters. The molecule has 5 nitrogen and oxygen atoms in total. The van der Waals surface area contributed by atoms with Crippen molar-refractivity contribution in [1.29, 1.82) is 0 Å². The van der Waals surface area contributed by atoms with Crippen LogP contribution in [0.25, 0.3) is 0 Å². The molecule has 1 aliphatic carbocycles. The lowest BCUT2D eigenvalue weighted by Crippen LogP contribution is -2.34. The fourth-order valence-electron chi connectivity index (χ4n) is 4.66. The maximum atomic E-state index is 13.2. The standard InChI is InChI=1S/C24H25NO4/c26-22-19-13-12-18(24(28)29)15-20(19)23(27)25(22)21(17-9-5-2-6-10-17)14-11-16-7-3-1-4-8-16/h2,5-6,9-10,12-13,15-16,21H,1,3-4,7-8,11,14H2,(H,28,29). The first-order valence-electron chi connectivity index (χ1n) is 10.4. The summed E-state index contributed by atoms with van der Waals surface area (Å²) in [7, 11) is 0. The van der Waals surface area contributed by atoms with Crippen LogP contribution in [0, 0.1) is 5.92 Å². The fourth-order valence-corrected chi connectivity index (χ4v) is 4.66. The van der Waals surface area contributed by atoms with E-state index in [1.165, 1.54) is 55.2 Å². The van der Waals surface area contributed by atoms with Crippen molar-refractivity contribution in [2.45, 2.75) is 51.0 Å². The Kier molecular flexibility index (Phi) is 5.47. The molecular formula is C24H25NO4. The molecule has 1 aliphatic heterocycles. The second-order valence-corrected chi connectivity index (χ2v) is 8.05. The Morgan fingerprint density at radius 2 is 1.66 bits per heavy atom. The molecule has 1 atom stereocenters. The van der Waals surface area contributed by atoms with E-state index in [4.69, 9.17) is 0 Å². The van der Waals surface area contributed by atoms with E-state index in [0.29, 0.717) is 11.5 Å². The van der Waals surface area contributed by atoms with E-state index < -0.39 is 11.9 Å². The molecule has 0 radical (unpaired) electrons. The Bertz CT molecular complexity index is 931. The number of carboxylic acid groups (broad SMARTS) is 1. The molecule has 0 aromatic heterocycles. The minimum atomic E-state index is -1.11. The Labute approximate surface area is 170 Å². The third kappa shape index (κ3) is 3.82. The molecule has 4 rings (SSSR count). The number of fused-ring (bicyclic) bond motifs is 1. The smallest absolute Gasteiger partial charge is 0.335 e. The molecule has 2 aliphatic rings. The quantitative estimate of drug-likeness (QED) is 0.697. The SMILES string of the molecule is O=C(O)c1ccc2c(c1)C(=O)N(C(CCC1CCCCC1)c1ccccc1)C2=O. The molecule has 0 bridgehead atoms. The maximum Gasteiger partial charge on any atom is 0.335 e. The van der Waals surface area contributed by atoms with Gasteiger partial charge in [0.1, 0.15) is 0 Å². The number of amides is 2. The zero-order valence-corrected chi connectivity index (χ0v) is 16.3. The average Bonchev–Trinajstić information content (AvgIpc) is 3.00. The number of carbonyl (C=O) groups excluding carboxylic acids is 2. The molecule has 0 saturated heterocycles. The van der Waals surface area contributed by atoms with Gasteiger partial charge in [-0.2, -0.15) is 0 Å². The summed E-state index contributed by atoms with van der Waals surface area (Å²) >= 11 is 0. The van der Waals surface area contributed by atoms with Gasteiger partial charge in [0, 0.05) is 0 Å². The van der Waals surface area contributed by atoms with E-state index in [1.54, 1.807) is 0 Å². The van der Waals surface area contributed by atoms with Crippen LogP contribution in [-0.4, -0.2) is 27.8 Å². The van der Waals surface area contributed by atoms with Gasteiger partial charge in [0.25, 0.3) is 11.8 Å². The predicted molar refractivity (Wildman–Crippen MR) is 109 cm³/mol. The molecule has 1 N–H and O–H groups in total. The fraction of sp³-hybridized carbons (Fsp3) is 0.375. The molecule has 5 heteroatoms. The van der Waals surface area contributed by atoms with Crippen LogP contribution in [0.4, 0.5) is 0 Å². The molecule has 2 aromatic carbocycles. The molecule has 0 spiro atoms. The molecular weight excluding hydrogens is 366 g/mol. The molecule has 2 amide bonds. The zero-order valence-electron chi connectivity index (χ0n) is 16.3. The van der Waals surface area contributed by atoms with Crippen LogP contribution in [0.3, 0.4) is 0 Å². The van der Waals surface area contributed by atoms with E-state index in [2.05, 4.69) is 0 Å². The van der Waals surface area contributed by atoms with Gasteiger partial charge in [0.15, 0.2) is 0 Å². The van der Waals surface area contributed by atoms with E-state index >= 15 is 0 Å². The first-order chi connectivity index (χ1) is 14.1. The van der Waals surface area contributed by atoms with Crippen molar-refractivity contribution in [2.75, 3.05) is 0 Å².